The van der Waals surface area contributed by atoms with E-state index in [2.05, 4.69) is 42.1 Å². The Bertz CT molecular complexity index is 228. The Kier molecular flexibility index (Phi) is 2.11. The SMILES string of the molecule is Cc1cc(P)cc(C)c1C. The van der Waals surface area contributed by atoms with E-state index in [1.807, 2.05) is 0 Å². The highest BCUT2D eigenvalue weighted by atomic mass is 31.0. The van der Waals surface area contributed by atoms with Crippen LogP contribution in [0.2, 0.25) is 0 Å². The van der Waals surface area contributed by atoms with Gasteiger partial charge >= 0.3 is 0 Å². The van der Waals surface area contributed by atoms with E-state index in [-0.39, 0.29) is 0 Å². The first-order valence-electron chi connectivity index (χ1n) is 3.44. The van der Waals surface area contributed by atoms with Gasteiger partial charge in [0.2, 0.25) is 0 Å². The van der Waals surface area contributed by atoms with Gasteiger partial charge in [0, 0.05) is 0 Å². The molecule has 1 rings (SSSR count). The van der Waals surface area contributed by atoms with Gasteiger partial charge in [0.1, 0.15) is 0 Å². The van der Waals surface area contributed by atoms with Gasteiger partial charge in [0.05, 0.1) is 0 Å². The highest BCUT2D eigenvalue weighted by Crippen LogP contribution is 2.10. The largest absolute Gasteiger partial charge is 0.106 e. The molecule has 0 aliphatic heterocycles. The molecule has 0 N–H and O–H groups in total. The van der Waals surface area contributed by atoms with Crippen molar-refractivity contribution in [1.29, 1.82) is 0 Å². The molecule has 0 aliphatic carbocycles. The number of rotatable bonds is 0. The molecule has 0 radical (unpaired) electrons. The Balaban J connectivity index is 3.31. The molecule has 0 nitrogen and oxygen atoms in total. The van der Waals surface area contributed by atoms with Crippen LogP contribution in [-0.4, -0.2) is 0 Å². The molecule has 0 saturated carbocycles. The van der Waals surface area contributed by atoms with Crippen molar-refractivity contribution in [1.82, 2.24) is 0 Å². The summed E-state index contributed by atoms with van der Waals surface area (Å²) in [6.07, 6.45) is 0. The summed E-state index contributed by atoms with van der Waals surface area (Å²) in [5.41, 5.74) is 4.17. The number of hydrogen-bond acceptors (Lipinski definition) is 0. The van der Waals surface area contributed by atoms with Gasteiger partial charge in [-0.25, -0.2) is 0 Å². The topological polar surface area (TPSA) is 0 Å². The predicted molar refractivity (Wildman–Crippen MR) is 50.0 cm³/mol. The summed E-state index contributed by atoms with van der Waals surface area (Å²) in [6.45, 7) is 6.46. The number of hydrogen-bond donors (Lipinski definition) is 0. The Hall–Kier alpha value is -0.350. The third-order valence-electron chi connectivity index (χ3n) is 1.95. The van der Waals surface area contributed by atoms with Gasteiger partial charge in [-0.2, -0.15) is 0 Å². The van der Waals surface area contributed by atoms with Gasteiger partial charge in [0.15, 0.2) is 0 Å². The summed E-state index contributed by atoms with van der Waals surface area (Å²) in [7, 11) is 2.72. The van der Waals surface area contributed by atoms with Crippen LogP contribution in [0.3, 0.4) is 0 Å². The minimum atomic E-state index is 1.28. The highest BCUT2D eigenvalue weighted by Gasteiger charge is 1.96. The van der Waals surface area contributed by atoms with Gasteiger partial charge in [-0.1, -0.05) is 12.1 Å². The second-order valence-electron chi connectivity index (χ2n) is 2.78. The molecule has 1 aromatic carbocycles. The maximum Gasteiger partial charge on any atom is -0.0297 e. The van der Waals surface area contributed by atoms with Crippen molar-refractivity contribution in [2.75, 3.05) is 0 Å². The molecule has 0 aromatic heterocycles. The van der Waals surface area contributed by atoms with E-state index in [1.165, 1.54) is 22.0 Å². The van der Waals surface area contributed by atoms with Crippen molar-refractivity contribution < 1.29 is 0 Å². The van der Waals surface area contributed by atoms with Gasteiger partial charge in [-0.05, 0) is 42.8 Å². The zero-order valence-corrected chi connectivity index (χ0v) is 7.89. The van der Waals surface area contributed by atoms with Crippen LogP contribution < -0.4 is 5.30 Å². The van der Waals surface area contributed by atoms with Crippen LogP contribution in [0.1, 0.15) is 16.7 Å². The summed E-state index contributed by atoms with van der Waals surface area (Å²) in [5, 5.41) is 1.28. The lowest BCUT2D eigenvalue weighted by Gasteiger charge is -2.04. The lowest BCUT2D eigenvalue weighted by atomic mass is 10.1. The molecule has 0 bridgehead atoms. The summed E-state index contributed by atoms with van der Waals surface area (Å²) in [6, 6.07) is 4.38. The quantitative estimate of drug-likeness (QED) is 0.499. The molecule has 1 aromatic rings. The van der Waals surface area contributed by atoms with Crippen LogP contribution in [0.5, 0.6) is 0 Å². The lowest BCUT2D eigenvalue weighted by Crippen LogP contribution is -1.96. The van der Waals surface area contributed by atoms with E-state index >= 15 is 0 Å². The molecular weight excluding hydrogens is 139 g/mol. The average molecular weight is 152 g/mol. The van der Waals surface area contributed by atoms with E-state index in [0.717, 1.165) is 0 Å². The molecule has 1 heteroatoms. The van der Waals surface area contributed by atoms with Gasteiger partial charge in [-0.15, -0.1) is 9.24 Å². The first-order valence-corrected chi connectivity index (χ1v) is 4.02. The Morgan fingerprint density at radius 1 is 1.00 bits per heavy atom. The van der Waals surface area contributed by atoms with E-state index in [1.54, 1.807) is 0 Å². The summed E-state index contributed by atoms with van der Waals surface area (Å²) in [4.78, 5) is 0. The fourth-order valence-electron chi connectivity index (χ4n) is 1.07. The summed E-state index contributed by atoms with van der Waals surface area (Å²) < 4.78 is 0. The highest BCUT2D eigenvalue weighted by molar-refractivity contribution is 7.27. The summed E-state index contributed by atoms with van der Waals surface area (Å²) in [5.74, 6) is 0. The van der Waals surface area contributed by atoms with Crippen molar-refractivity contribution in [3.8, 4) is 0 Å². The molecule has 54 valence electrons. The molecule has 0 spiro atoms. The molecule has 0 amide bonds. The monoisotopic (exact) mass is 152 g/mol. The zero-order chi connectivity index (χ0) is 7.72. The number of aryl methyl sites for hydroxylation is 2. The first-order chi connectivity index (χ1) is 4.61. The minimum Gasteiger partial charge on any atom is -0.106 e. The molecule has 0 heterocycles. The summed E-state index contributed by atoms with van der Waals surface area (Å²) >= 11 is 0. The molecule has 0 saturated heterocycles. The Labute approximate surface area is 64.9 Å². The van der Waals surface area contributed by atoms with Crippen LogP contribution >= 0.6 is 9.24 Å². The standard InChI is InChI=1S/C9H13P/c1-6-4-9(10)5-7(2)8(6)3/h4-5H,10H2,1-3H3. The molecule has 10 heavy (non-hydrogen) atoms. The van der Waals surface area contributed by atoms with Crippen LogP contribution in [0.25, 0.3) is 0 Å². The van der Waals surface area contributed by atoms with E-state index in [0.29, 0.717) is 0 Å². The number of benzene rings is 1. The normalized spacial score (nSPS) is 10.0. The van der Waals surface area contributed by atoms with E-state index < -0.39 is 0 Å². The third kappa shape index (κ3) is 1.38. The Morgan fingerprint density at radius 2 is 1.40 bits per heavy atom. The fourth-order valence-corrected chi connectivity index (χ4v) is 1.57. The van der Waals surface area contributed by atoms with Gasteiger partial charge < -0.3 is 0 Å². The van der Waals surface area contributed by atoms with Crippen LogP contribution in [-0.2, 0) is 0 Å². The second kappa shape index (κ2) is 2.72. The molecule has 0 fully saturated rings. The van der Waals surface area contributed by atoms with Crippen molar-refractivity contribution in [3.63, 3.8) is 0 Å². The van der Waals surface area contributed by atoms with Gasteiger partial charge in [0.25, 0.3) is 0 Å². The first kappa shape index (κ1) is 7.75. The molecule has 1 atom stereocenters. The van der Waals surface area contributed by atoms with Crippen molar-refractivity contribution in [2.24, 2.45) is 0 Å². The smallest absolute Gasteiger partial charge is 0.0297 e. The molecule has 0 aliphatic rings. The zero-order valence-electron chi connectivity index (χ0n) is 6.73. The maximum absolute atomic E-state index is 2.72. The van der Waals surface area contributed by atoms with Crippen molar-refractivity contribution in [2.45, 2.75) is 20.8 Å². The lowest BCUT2D eigenvalue weighted by molar-refractivity contribution is 1.28. The van der Waals surface area contributed by atoms with Crippen molar-refractivity contribution in [3.05, 3.63) is 28.8 Å². The Morgan fingerprint density at radius 3 is 1.80 bits per heavy atom. The fraction of sp³-hybridized carbons (Fsp3) is 0.333. The van der Waals surface area contributed by atoms with E-state index in [4.69, 9.17) is 0 Å². The predicted octanol–water partition coefficient (Wildman–Crippen LogP) is 2.11. The average Bonchev–Trinajstić information content (AvgIpc) is 1.82. The maximum atomic E-state index is 2.72. The van der Waals surface area contributed by atoms with Crippen LogP contribution in [0.4, 0.5) is 0 Å². The van der Waals surface area contributed by atoms with Crippen LogP contribution in [0, 0.1) is 20.8 Å². The van der Waals surface area contributed by atoms with Crippen LogP contribution in [0.15, 0.2) is 12.1 Å². The second-order valence-corrected chi connectivity index (χ2v) is 3.45. The van der Waals surface area contributed by atoms with E-state index in [9.17, 15) is 0 Å². The molecular formula is C9H13P. The van der Waals surface area contributed by atoms with Gasteiger partial charge in [-0.3, -0.25) is 0 Å². The third-order valence-corrected chi connectivity index (χ3v) is 2.28. The van der Waals surface area contributed by atoms with Crippen molar-refractivity contribution >= 4 is 14.5 Å². The molecule has 1 unspecified atom stereocenters. The minimum absolute atomic E-state index is 1.28.